The van der Waals surface area contributed by atoms with Gasteiger partial charge < -0.3 is 25.4 Å². The van der Waals surface area contributed by atoms with Gasteiger partial charge in [-0.1, -0.05) is 6.07 Å². The Morgan fingerprint density at radius 3 is 1.95 bits per heavy atom. The first-order chi connectivity index (χ1) is 19.6. The van der Waals surface area contributed by atoms with Crippen molar-refractivity contribution < 1.29 is 44.2 Å². The molecule has 0 spiro atoms. The van der Waals surface area contributed by atoms with Crippen molar-refractivity contribution in [3.8, 4) is 17.2 Å². The van der Waals surface area contributed by atoms with Crippen molar-refractivity contribution in [2.45, 2.75) is 6.61 Å². The number of benzene rings is 4. The highest BCUT2D eigenvalue weighted by atomic mass is 16.6. The molecular weight excluding hydrogens is 538 g/mol. The number of carboxylic acids is 2. The second-order valence-electron chi connectivity index (χ2n) is 8.43. The standard InChI is InChI=1S/C28H21N3O10/c32-20-7-1-16(24(14-20)27(34)35)15-40-30-18-4-10-22(11-5-18)41-21-8-2-17(3-9-21)29-26(33)23-12-6-19(31(38)39)13-25(23)28(36)37/h1-14,30,32H,15H2,(H,29,33)(H,34,35)(H,36,37). The summed E-state index contributed by atoms with van der Waals surface area (Å²) in [5.41, 5.74) is 2.74. The van der Waals surface area contributed by atoms with E-state index in [1.54, 1.807) is 36.4 Å². The fourth-order valence-electron chi connectivity index (χ4n) is 3.64. The number of aromatic carboxylic acids is 2. The lowest BCUT2D eigenvalue weighted by Gasteiger charge is -2.11. The third-order valence-electron chi connectivity index (χ3n) is 5.63. The van der Waals surface area contributed by atoms with Crippen LogP contribution in [-0.4, -0.2) is 38.1 Å². The van der Waals surface area contributed by atoms with Gasteiger partial charge in [0.2, 0.25) is 0 Å². The van der Waals surface area contributed by atoms with Crippen molar-refractivity contribution in [2.75, 3.05) is 10.8 Å². The average molecular weight is 559 g/mol. The predicted octanol–water partition coefficient (Wildman–Crippen LogP) is 5.29. The van der Waals surface area contributed by atoms with Crippen molar-refractivity contribution in [3.05, 3.63) is 117 Å². The SMILES string of the molecule is O=C(O)c1cc(O)ccc1CONc1ccc(Oc2ccc(NC(=O)c3ccc([N+](=O)[O-])cc3C(=O)O)cc2)cc1. The number of nitro benzene ring substituents is 1. The van der Waals surface area contributed by atoms with Crippen LogP contribution in [-0.2, 0) is 11.4 Å². The fraction of sp³-hybridized carbons (Fsp3) is 0.0357. The first kappa shape index (κ1) is 28.1. The molecule has 13 nitrogen and oxygen atoms in total. The lowest BCUT2D eigenvalue weighted by Crippen LogP contribution is -2.16. The first-order valence-corrected chi connectivity index (χ1v) is 11.7. The molecule has 41 heavy (non-hydrogen) atoms. The highest BCUT2D eigenvalue weighted by Crippen LogP contribution is 2.26. The van der Waals surface area contributed by atoms with E-state index in [1.165, 1.54) is 24.3 Å². The molecule has 0 unspecified atom stereocenters. The molecule has 0 fully saturated rings. The van der Waals surface area contributed by atoms with E-state index in [0.29, 0.717) is 28.4 Å². The maximum atomic E-state index is 12.6. The normalized spacial score (nSPS) is 10.4. The van der Waals surface area contributed by atoms with Crippen molar-refractivity contribution in [1.82, 2.24) is 0 Å². The molecule has 0 saturated carbocycles. The summed E-state index contributed by atoms with van der Waals surface area (Å²) in [5.74, 6) is -2.65. The van der Waals surface area contributed by atoms with Gasteiger partial charge in [-0.2, -0.15) is 0 Å². The van der Waals surface area contributed by atoms with E-state index in [0.717, 1.165) is 24.3 Å². The van der Waals surface area contributed by atoms with E-state index in [1.807, 2.05) is 0 Å². The van der Waals surface area contributed by atoms with Gasteiger partial charge in [0.1, 0.15) is 23.9 Å². The molecule has 0 aliphatic heterocycles. The van der Waals surface area contributed by atoms with Gasteiger partial charge in [-0.05, 0) is 72.3 Å². The molecule has 4 aromatic carbocycles. The molecule has 0 aliphatic carbocycles. The lowest BCUT2D eigenvalue weighted by atomic mass is 10.1. The van der Waals surface area contributed by atoms with Crippen LogP contribution in [0, 0.1) is 10.1 Å². The summed E-state index contributed by atoms with van der Waals surface area (Å²) in [4.78, 5) is 51.0. The predicted molar refractivity (Wildman–Crippen MR) is 144 cm³/mol. The average Bonchev–Trinajstić information content (AvgIpc) is 2.95. The number of nitro groups is 1. The number of ether oxygens (including phenoxy) is 1. The molecule has 1 amide bonds. The van der Waals surface area contributed by atoms with Gasteiger partial charge in [0.05, 0.1) is 27.3 Å². The van der Waals surface area contributed by atoms with E-state index >= 15 is 0 Å². The monoisotopic (exact) mass is 559 g/mol. The second kappa shape index (κ2) is 12.3. The number of anilines is 2. The van der Waals surface area contributed by atoms with Crippen molar-refractivity contribution in [2.24, 2.45) is 0 Å². The summed E-state index contributed by atoms with van der Waals surface area (Å²) in [6.45, 7) is -0.0646. The number of phenolic OH excluding ortho intramolecular Hbond substituents is 1. The Labute approximate surface area is 231 Å². The van der Waals surface area contributed by atoms with E-state index < -0.39 is 34.0 Å². The van der Waals surface area contributed by atoms with Crippen LogP contribution in [0.4, 0.5) is 17.1 Å². The summed E-state index contributed by atoms with van der Waals surface area (Å²) in [7, 11) is 0. The summed E-state index contributed by atoms with van der Waals surface area (Å²) < 4.78 is 5.78. The minimum Gasteiger partial charge on any atom is -0.508 e. The number of aromatic hydroxyl groups is 1. The third-order valence-corrected chi connectivity index (χ3v) is 5.63. The molecule has 5 N–H and O–H groups in total. The number of phenols is 1. The molecule has 13 heteroatoms. The number of non-ortho nitro benzene ring substituents is 1. The highest BCUT2D eigenvalue weighted by molar-refractivity contribution is 6.11. The van der Waals surface area contributed by atoms with Crippen LogP contribution in [0.15, 0.2) is 84.9 Å². The number of carbonyl (C=O) groups excluding carboxylic acids is 1. The zero-order chi connectivity index (χ0) is 29.5. The number of nitrogens with zero attached hydrogens (tertiary/aromatic N) is 1. The summed E-state index contributed by atoms with van der Waals surface area (Å²) >= 11 is 0. The summed E-state index contributed by atoms with van der Waals surface area (Å²) in [6, 6.07) is 19.8. The van der Waals surface area contributed by atoms with Crippen molar-refractivity contribution in [1.29, 1.82) is 0 Å². The summed E-state index contributed by atoms with van der Waals surface area (Å²) in [6.07, 6.45) is 0. The molecule has 208 valence electrons. The van der Waals surface area contributed by atoms with Crippen LogP contribution >= 0.6 is 0 Å². The number of amides is 1. The fourth-order valence-corrected chi connectivity index (χ4v) is 3.64. The Morgan fingerprint density at radius 2 is 1.37 bits per heavy atom. The Hall–Kier alpha value is -5.95. The Balaban J connectivity index is 1.32. The van der Waals surface area contributed by atoms with Crippen LogP contribution in [0.25, 0.3) is 0 Å². The van der Waals surface area contributed by atoms with Crippen LogP contribution in [0.3, 0.4) is 0 Å². The van der Waals surface area contributed by atoms with E-state index in [4.69, 9.17) is 9.57 Å². The maximum absolute atomic E-state index is 12.6. The first-order valence-electron chi connectivity index (χ1n) is 11.7. The molecule has 0 bridgehead atoms. The Morgan fingerprint density at radius 1 is 0.756 bits per heavy atom. The molecule has 4 rings (SSSR count). The molecule has 0 saturated heterocycles. The number of carboxylic acid groups (broad SMARTS) is 2. The minimum atomic E-state index is -1.47. The van der Waals surface area contributed by atoms with Gasteiger partial charge in [0.15, 0.2) is 0 Å². The van der Waals surface area contributed by atoms with E-state index in [9.17, 15) is 39.8 Å². The summed E-state index contributed by atoms with van der Waals surface area (Å²) in [5, 5.41) is 41.6. The van der Waals surface area contributed by atoms with Gasteiger partial charge in [-0.15, -0.1) is 0 Å². The third kappa shape index (κ3) is 7.13. The topological polar surface area (TPSA) is 198 Å². The molecular formula is C28H21N3O10. The molecule has 0 radical (unpaired) electrons. The minimum absolute atomic E-state index is 0.0646. The zero-order valence-electron chi connectivity index (χ0n) is 20.9. The quantitative estimate of drug-likeness (QED) is 0.118. The van der Waals surface area contributed by atoms with Crippen LogP contribution in [0.5, 0.6) is 17.2 Å². The molecule has 0 atom stereocenters. The molecule has 0 aromatic heterocycles. The number of hydrogen-bond donors (Lipinski definition) is 5. The molecule has 4 aromatic rings. The molecule has 0 aliphatic rings. The van der Waals surface area contributed by atoms with Crippen molar-refractivity contribution >= 4 is 34.9 Å². The molecule has 0 heterocycles. The van der Waals surface area contributed by atoms with Crippen LogP contribution < -0.4 is 15.5 Å². The Kier molecular flexibility index (Phi) is 8.40. The Bertz CT molecular complexity index is 1620. The zero-order valence-corrected chi connectivity index (χ0v) is 20.9. The number of rotatable bonds is 11. The van der Waals surface area contributed by atoms with E-state index in [-0.39, 0.29) is 23.5 Å². The van der Waals surface area contributed by atoms with Crippen LogP contribution in [0.1, 0.15) is 36.6 Å². The van der Waals surface area contributed by atoms with Crippen molar-refractivity contribution in [3.63, 3.8) is 0 Å². The van der Waals surface area contributed by atoms with Crippen LogP contribution in [0.2, 0.25) is 0 Å². The van der Waals surface area contributed by atoms with E-state index in [2.05, 4.69) is 10.8 Å². The smallest absolute Gasteiger partial charge is 0.336 e. The lowest BCUT2D eigenvalue weighted by molar-refractivity contribution is -0.384. The number of hydrogen-bond acceptors (Lipinski definition) is 9. The largest absolute Gasteiger partial charge is 0.508 e. The maximum Gasteiger partial charge on any atom is 0.336 e. The van der Waals surface area contributed by atoms with Gasteiger partial charge >= 0.3 is 11.9 Å². The van der Waals surface area contributed by atoms with Gasteiger partial charge in [-0.3, -0.25) is 25.2 Å². The van der Waals surface area contributed by atoms with Gasteiger partial charge in [-0.25, -0.2) is 9.59 Å². The van der Waals surface area contributed by atoms with Gasteiger partial charge in [0.25, 0.3) is 11.6 Å². The number of carbonyl (C=O) groups is 3. The van der Waals surface area contributed by atoms with Gasteiger partial charge in [0, 0.05) is 17.8 Å². The number of nitrogens with one attached hydrogen (secondary N) is 2. The second-order valence-corrected chi connectivity index (χ2v) is 8.43. The highest BCUT2D eigenvalue weighted by Gasteiger charge is 2.21.